The molecule has 1 aliphatic rings. The fourth-order valence-corrected chi connectivity index (χ4v) is 3.99. The van der Waals surface area contributed by atoms with E-state index < -0.39 is 16.4 Å². The Kier molecular flexibility index (Phi) is 7.27. The first-order valence-corrected chi connectivity index (χ1v) is 10.8. The summed E-state index contributed by atoms with van der Waals surface area (Å²) in [7, 11) is -3.87. The maximum absolute atomic E-state index is 12.7. The smallest absolute Gasteiger partial charge is 0.284 e. The summed E-state index contributed by atoms with van der Waals surface area (Å²) in [6.45, 7) is 4.45. The predicted molar refractivity (Wildman–Crippen MR) is 105 cm³/mol. The van der Waals surface area contributed by atoms with Crippen molar-refractivity contribution in [2.24, 2.45) is 0 Å². The van der Waals surface area contributed by atoms with Crippen LogP contribution in [0.25, 0.3) is 0 Å². The summed E-state index contributed by atoms with van der Waals surface area (Å²) in [4.78, 5) is 1.79. The van der Waals surface area contributed by atoms with Crippen molar-refractivity contribution in [2.75, 3.05) is 38.8 Å². The second kappa shape index (κ2) is 9.88. The van der Waals surface area contributed by atoms with Crippen LogP contribution in [0, 0.1) is 0 Å². The minimum atomic E-state index is -3.87. The number of rotatable bonds is 9. The van der Waals surface area contributed by atoms with E-state index in [-0.39, 0.29) is 5.88 Å². The molecule has 1 saturated heterocycles. The normalized spacial score (nSPS) is 16.5. The number of para-hydroxylation sites is 2. The number of hydrogen-bond acceptors (Lipinski definition) is 7. The van der Waals surface area contributed by atoms with E-state index in [0.29, 0.717) is 50.0 Å². The Bertz CT molecular complexity index is 837. The molecule has 1 fully saturated rings. The first-order chi connectivity index (χ1) is 13.6. The molecule has 28 heavy (non-hydrogen) atoms. The molecule has 0 amide bonds. The van der Waals surface area contributed by atoms with Crippen molar-refractivity contribution < 1.29 is 26.8 Å². The molecule has 0 aromatic heterocycles. The molecule has 0 radical (unpaired) electrons. The Morgan fingerprint density at radius 3 is 2.32 bits per heavy atom. The Hall–Kier alpha value is -2.13. The van der Waals surface area contributed by atoms with Crippen LogP contribution in [0.5, 0.6) is 11.5 Å². The monoisotopic (exact) mass is 407 g/mol. The van der Waals surface area contributed by atoms with Crippen molar-refractivity contribution in [3.8, 4) is 11.5 Å². The maximum Gasteiger partial charge on any atom is 0.284 e. The van der Waals surface area contributed by atoms with E-state index >= 15 is 0 Å². The molecule has 1 unspecified atom stereocenters. The lowest BCUT2D eigenvalue weighted by Gasteiger charge is -2.27. The molecular weight excluding hydrogens is 382 g/mol. The zero-order valence-electron chi connectivity index (χ0n) is 15.8. The van der Waals surface area contributed by atoms with E-state index in [0.717, 1.165) is 0 Å². The highest BCUT2D eigenvalue weighted by molar-refractivity contribution is 7.86. The van der Waals surface area contributed by atoms with E-state index in [1.807, 2.05) is 19.1 Å². The Balaban J connectivity index is 1.80. The summed E-state index contributed by atoms with van der Waals surface area (Å²) < 4.78 is 47.6. The highest BCUT2D eigenvalue weighted by Gasteiger charge is 2.27. The van der Waals surface area contributed by atoms with Crippen molar-refractivity contribution in [2.45, 2.75) is 13.2 Å². The van der Waals surface area contributed by atoms with Gasteiger partial charge in [0.2, 0.25) is 6.29 Å². The number of ether oxygens (including phenoxy) is 3. The second-order valence-electron chi connectivity index (χ2n) is 6.25. The summed E-state index contributed by atoms with van der Waals surface area (Å²) in [5, 5.41) is 0. The predicted octanol–water partition coefficient (Wildman–Crippen LogP) is 2.80. The van der Waals surface area contributed by atoms with Gasteiger partial charge in [-0.3, -0.25) is 4.90 Å². The topological polar surface area (TPSA) is 74.3 Å². The number of morpholine rings is 1. The average molecular weight is 407 g/mol. The molecule has 152 valence electrons. The lowest BCUT2D eigenvalue weighted by Crippen LogP contribution is -2.40. The standard InChI is InChI=1S/C20H25NO6S/c1-2-25-18-10-6-7-11-19(18)26-20(17-8-4-3-5-9-17)27-28(22,23)16-21-12-14-24-15-13-21/h3-11,20H,2,12-16H2,1H3. The van der Waals surface area contributed by atoms with Gasteiger partial charge in [-0.05, 0) is 19.1 Å². The highest BCUT2D eigenvalue weighted by Crippen LogP contribution is 2.32. The molecule has 1 aliphatic heterocycles. The molecule has 3 rings (SSSR count). The van der Waals surface area contributed by atoms with Gasteiger partial charge >= 0.3 is 0 Å². The second-order valence-corrected chi connectivity index (χ2v) is 7.82. The lowest BCUT2D eigenvalue weighted by molar-refractivity contribution is 0.00282. The molecule has 1 heterocycles. The summed E-state index contributed by atoms with van der Waals surface area (Å²) in [6.07, 6.45) is -1.12. The SMILES string of the molecule is CCOc1ccccc1OC(OS(=O)(=O)CN1CCOCC1)c1ccccc1. The Morgan fingerprint density at radius 1 is 1.00 bits per heavy atom. The van der Waals surface area contributed by atoms with Crippen LogP contribution in [0.3, 0.4) is 0 Å². The van der Waals surface area contributed by atoms with Gasteiger partial charge in [-0.2, -0.15) is 8.42 Å². The largest absolute Gasteiger partial charge is 0.490 e. The third kappa shape index (κ3) is 5.93. The maximum atomic E-state index is 12.7. The third-order valence-corrected chi connectivity index (χ3v) is 5.28. The van der Waals surface area contributed by atoms with Gasteiger partial charge in [-0.1, -0.05) is 42.5 Å². The van der Waals surface area contributed by atoms with Crippen molar-refractivity contribution in [1.82, 2.24) is 4.90 Å². The summed E-state index contributed by atoms with van der Waals surface area (Å²) in [5.74, 6) is 0.732. The summed E-state index contributed by atoms with van der Waals surface area (Å²) >= 11 is 0. The molecule has 0 aliphatic carbocycles. The minimum Gasteiger partial charge on any atom is -0.490 e. The number of benzene rings is 2. The van der Waals surface area contributed by atoms with Gasteiger partial charge < -0.3 is 14.2 Å². The molecule has 0 spiro atoms. The van der Waals surface area contributed by atoms with E-state index in [2.05, 4.69) is 0 Å². The van der Waals surface area contributed by atoms with Crippen LogP contribution in [0.2, 0.25) is 0 Å². The van der Waals surface area contributed by atoms with Gasteiger partial charge in [0.25, 0.3) is 10.1 Å². The van der Waals surface area contributed by atoms with Gasteiger partial charge in [-0.25, -0.2) is 4.18 Å². The van der Waals surface area contributed by atoms with Crippen LogP contribution >= 0.6 is 0 Å². The number of nitrogens with zero attached hydrogens (tertiary/aromatic N) is 1. The van der Waals surface area contributed by atoms with Gasteiger partial charge in [0.05, 0.1) is 19.8 Å². The fraction of sp³-hybridized carbons (Fsp3) is 0.400. The van der Waals surface area contributed by atoms with Crippen molar-refractivity contribution in [1.29, 1.82) is 0 Å². The van der Waals surface area contributed by atoms with E-state index in [9.17, 15) is 8.42 Å². The van der Waals surface area contributed by atoms with Crippen LogP contribution in [0.15, 0.2) is 54.6 Å². The van der Waals surface area contributed by atoms with Crippen LogP contribution in [0.4, 0.5) is 0 Å². The zero-order chi connectivity index (χ0) is 19.8. The summed E-state index contributed by atoms with van der Waals surface area (Å²) in [5.41, 5.74) is 0.597. The molecule has 2 aromatic rings. The molecule has 0 bridgehead atoms. The van der Waals surface area contributed by atoms with Crippen molar-refractivity contribution in [3.63, 3.8) is 0 Å². The highest BCUT2D eigenvalue weighted by atomic mass is 32.2. The summed E-state index contributed by atoms with van der Waals surface area (Å²) in [6, 6.07) is 16.1. The van der Waals surface area contributed by atoms with Crippen LogP contribution in [0.1, 0.15) is 18.8 Å². The molecule has 2 aromatic carbocycles. The molecule has 0 N–H and O–H groups in total. The lowest BCUT2D eigenvalue weighted by atomic mass is 10.2. The van der Waals surface area contributed by atoms with Gasteiger partial charge in [0, 0.05) is 18.7 Å². The van der Waals surface area contributed by atoms with E-state index in [1.165, 1.54) is 0 Å². The van der Waals surface area contributed by atoms with E-state index in [1.54, 1.807) is 47.4 Å². The molecule has 7 nitrogen and oxygen atoms in total. The minimum absolute atomic E-state index is 0.212. The molecule has 8 heteroatoms. The van der Waals surface area contributed by atoms with Crippen LogP contribution in [-0.4, -0.2) is 52.1 Å². The molecule has 1 atom stereocenters. The molecule has 0 saturated carbocycles. The molecular formula is C20H25NO6S. The average Bonchev–Trinajstić information content (AvgIpc) is 2.70. The first-order valence-electron chi connectivity index (χ1n) is 9.22. The van der Waals surface area contributed by atoms with Crippen molar-refractivity contribution in [3.05, 3.63) is 60.2 Å². The fourth-order valence-electron chi connectivity index (χ4n) is 2.81. The van der Waals surface area contributed by atoms with Gasteiger partial charge in [-0.15, -0.1) is 0 Å². The Morgan fingerprint density at radius 2 is 1.64 bits per heavy atom. The number of hydrogen-bond donors (Lipinski definition) is 0. The zero-order valence-corrected chi connectivity index (χ0v) is 16.6. The quantitative estimate of drug-likeness (QED) is 0.467. The third-order valence-electron chi connectivity index (χ3n) is 4.13. The van der Waals surface area contributed by atoms with Crippen LogP contribution < -0.4 is 9.47 Å². The Labute approximate surface area is 165 Å². The van der Waals surface area contributed by atoms with Gasteiger partial charge in [0.1, 0.15) is 5.88 Å². The van der Waals surface area contributed by atoms with Crippen molar-refractivity contribution >= 4 is 10.1 Å². The van der Waals surface area contributed by atoms with Crippen LogP contribution in [-0.2, 0) is 19.0 Å². The van der Waals surface area contributed by atoms with E-state index in [4.69, 9.17) is 18.4 Å². The first kappa shape index (κ1) is 20.6. The van der Waals surface area contributed by atoms with Gasteiger partial charge in [0.15, 0.2) is 11.5 Å².